The molecule has 170 valence electrons. The van der Waals surface area contributed by atoms with E-state index >= 15 is 0 Å². The molecule has 1 aromatic heterocycles. The lowest BCUT2D eigenvalue weighted by Crippen LogP contribution is -2.47. The quantitative estimate of drug-likeness (QED) is 0.466. The van der Waals surface area contributed by atoms with Crippen molar-refractivity contribution in [2.75, 3.05) is 7.11 Å². The van der Waals surface area contributed by atoms with Crippen LogP contribution in [0.25, 0.3) is 11.0 Å². The Balaban J connectivity index is 1.52. The van der Waals surface area contributed by atoms with Gasteiger partial charge in [-0.25, -0.2) is 14.2 Å². The van der Waals surface area contributed by atoms with Crippen molar-refractivity contribution in [2.24, 2.45) is 0 Å². The Morgan fingerprint density at radius 3 is 2.75 bits per heavy atom. The highest BCUT2D eigenvalue weighted by molar-refractivity contribution is 5.76. The summed E-state index contributed by atoms with van der Waals surface area (Å²) in [5.41, 5.74) is 1.71. The van der Waals surface area contributed by atoms with E-state index in [1.54, 1.807) is 12.1 Å². The normalized spacial score (nSPS) is 21.8. The van der Waals surface area contributed by atoms with Gasteiger partial charge in [0.2, 0.25) is 0 Å². The van der Waals surface area contributed by atoms with E-state index in [9.17, 15) is 14.3 Å². The minimum Gasteiger partial charge on any atom is -0.494 e. The van der Waals surface area contributed by atoms with E-state index in [0.717, 1.165) is 23.9 Å². The SMILES string of the molecule is COc1ccc(CC(NC(=O)N[C@H]2CC[C@](C)(O)CC2)c2nc3ccccc3[nH]2)cc1F. The maximum absolute atomic E-state index is 14.2. The van der Waals surface area contributed by atoms with Crippen LogP contribution in [0.5, 0.6) is 5.75 Å². The number of benzene rings is 2. The lowest BCUT2D eigenvalue weighted by Gasteiger charge is -2.33. The highest BCUT2D eigenvalue weighted by Crippen LogP contribution is 2.28. The van der Waals surface area contributed by atoms with Gasteiger partial charge in [0.15, 0.2) is 11.6 Å². The van der Waals surface area contributed by atoms with Crippen molar-refractivity contribution in [1.82, 2.24) is 20.6 Å². The number of halogens is 1. The lowest BCUT2D eigenvalue weighted by atomic mass is 9.84. The number of H-pyrrole nitrogens is 1. The molecule has 2 aromatic carbocycles. The molecule has 32 heavy (non-hydrogen) atoms. The van der Waals surface area contributed by atoms with E-state index in [2.05, 4.69) is 20.6 Å². The third-order valence-corrected chi connectivity index (χ3v) is 6.10. The number of fused-ring (bicyclic) bond motifs is 1. The van der Waals surface area contributed by atoms with Crippen molar-refractivity contribution in [1.29, 1.82) is 0 Å². The summed E-state index contributed by atoms with van der Waals surface area (Å²) in [7, 11) is 1.42. The smallest absolute Gasteiger partial charge is 0.315 e. The summed E-state index contributed by atoms with van der Waals surface area (Å²) in [4.78, 5) is 20.7. The van der Waals surface area contributed by atoms with Gasteiger partial charge in [0.05, 0.1) is 29.8 Å². The van der Waals surface area contributed by atoms with Crippen LogP contribution in [0.2, 0.25) is 0 Å². The summed E-state index contributed by atoms with van der Waals surface area (Å²) < 4.78 is 19.2. The van der Waals surface area contributed by atoms with Crippen molar-refractivity contribution in [3.63, 3.8) is 0 Å². The molecule has 4 N–H and O–H groups in total. The number of imidazole rings is 1. The molecule has 1 fully saturated rings. The molecule has 1 unspecified atom stereocenters. The van der Waals surface area contributed by atoms with Crippen molar-refractivity contribution < 1.29 is 19.0 Å². The van der Waals surface area contributed by atoms with E-state index in [1.165, 1.54) is 13.2 Å². The Hall–Kier alpha value is -3.13. The molecule has 0 aliphatic heterocycles. The molecule has 1 aliphatic rings. The number of carbonyl (C=O) groups excluding carboxylic acids is 1. The number of aliphatic hydroxyl groups is 1. The Labute approximate surface area is 186 Å². The molecule has 1 aliphatic carbocycles. The average molecular weight is 441 g/mol. The number of urea groups is 1. The van der Waals surface area contributed by atoms with Gasteiger partial charge in [0.25, 0.3) is 0 Å². The number of methoxy groups -OCH3 is 1. The lowest BCUT2D eigenvalue weighted by molar-refractivity contribution is 0.0151. The summed E-state index contributed by atoms with van der Waals surface area (Å²) >= 11 is 0. The molecule has 8 heteroatoms. The highest BCUT2D eigenvalue weighted by atomic mass is 19.1. The minimum absolute atomic E-state index is 0.00461. The zero-order valence-corrected chi connectivity index (χ0v) is 18.3. The van der Waals surface area contributed by atoms with E-state index in [-0.39, 0.29) is 17.8 Å². The van der Waals surface area contributed by atoms with E-state index in [0.29, 0.717) is 30.7 Å². The number of rotatable bonds is 6. The Morgan fingerprint density at radius 2 is 2.06 bits per heavy atom. The first-order valence-electron chi connectivity index (χ1n) is 10.9. The fourth-order valence-corrected chi connectivity index (χ4v) is 4.20. The number of ether oxygens (including phenoxy) is 1. The molecule has 0 radical (unpaired) electrons. The summed E-state index contributed by atoms with van der Waals surface area (Å²) in [5.74, 6) is 0.323. The minimum atomic E-state index is -0.663. The summed E-state index contributed by atoms with van der Waals surface area (Å²) in [6.45, 7) is 1.83. The number of para-hydroxylation sites is 2. The standard InChI is InChI=1S/C24H29FN4O3/c1-24(31)11-9-16(10-12-24)26-23(30)29-20(14-15-7-8-21(32-2)17(25)13-15)22-27-18-5-3-4-6-19(18)28-22/h3-8,13,16,20,31H,9-12,14H2,1-2H3,(H,27,28)(H2,26,29,30)/t16-,20?,24-. The molecular weight excluding hydrogens is 411 g/mol. The second-order valence-corrected chi connectivity index (χ2v) is 8.75. The number of amides is 2. The van der Waals surface area contributed by atoms with Gasteiger partial charge in [-0.15, -0.1) is 0 Å². The van der Waals surface area contributed by atoms with Crippen LogP contribution in [0.1, 0.15) is 50.0 Å². The number of nitrogens with zero attached hydrogens (tertiary/aromatic N) is 1. The van der Waals surface area contributed by atoms with E-state index in [1.807, 2.05) is 31.2 Å². The summed E-state index contributed by atoms with van der Waals surface area (Å²) in [6.07, 6.45) is 3.10. The number of nitrogens with one attached hydrogen (secondary N) is 3. The Kier molecular flexibility index (Phi) is 6.32. The molecule has 4 rings (SSSR count). The molecule has 7 nitrogen and oxygen atoms in total. The van der Waals surface area contributed by atoms with Gasteiger partial charge in [-0.1, -0.05) is 18.2 Å². The Morgan fingerprint density at radius 1 is 1.31 bits per heavy atom. The Bertz CT molecular complexity index is 1050. The fraction of sp³-hybridized carbons (Fsp3) is 0.417. The van der Waals surface area contributed by atoms with Crippen LogP contribution >= 0.6 is 0 Å². The number of hydrogen-bond acceptors (Lipinski definition) is 4. The molecule has 1 heterocycles. The molecule has 2 amide bonds. The number of aromatic amines is 1. The van der Waals surface area contributed by atoms with Crippen LogP contribution < -0.4 is 15.4 Å². The van der Waals surface area contributed by atoms with Gasteiger partial charge < -0.3 is 25.5 Å². The highest BCUT2D eigenvalue weighted by Gasteiger charge is 2.30. The van der Waals surface area contributed by atoms with Gasteiger partial charge in [0.1, 0.15) is 5.82 Å². The van der Waals surface area contributed by atoms with Crippen LogP contribution in [0.15, 0.2) is 42.5 Å². The molecular formula is C24H29FN4O3. The van der Waals surface area contributed by atoms with E-state index < -0.39 is 17.5 Å². The molecule has 3 aromatic rings. The monoisotopic (exact) mass is 440 g/mol. The maximum atomic E-state index is 14.2. The number of carbonyl (C=O) groups is 1. The van der Waals surface area contributed by atoms with Gasteiger partial charge in [-0.3, -0.25) is 0 Å². The van der Waals surface area contributed by atoms with E-state index in [4.69, 9.17) is 4.74 Å². The predicted octanol–water partition coefficient (Wildman–Crippen LogP) is 3.99. The van der Waals surface area contributed by atoms with Gasteiger partial charge >= 0.3 is 6.03 Å². The molecule has 0 saturated heterocycles. The first-order valence-corrected chi connectivity index (χ1v) is 10.9. The maximum Gasteiger partial charge on any atom is 0.315 e. The van der Waals surface area contributed by atoms with Crippen molar-refractivity contribution >= 4 is 17.1 Å². The second-order valence-electron chi connectivity index (χ2n) is 8.75. The predicted molar refractivity (Wildman–Crippen MR) is 120 cm³/mol. The first-order chi connectivity index (χ1) is 15.3. The van der Waals surface area contributed by atoms with Crippen LogP contribution in [-0.4, -0.2) is 39.9 Å². The second kappa shape index (κ2) is 9.16. The van der Waals surface area contributed by atoms with Crippen molar-refractivity contribution in [2.45, 2.75) is 56.7 Å². The van der Waals surface area contributed by atoms with Crippen LogP contribution in [0.4, 0.5) is 9.18 Å². The van der Waals surface area contributed by atoms with Crippen molar-refractivity contribution in [3.8, 4) is 5.75 Å². The topological polar surface area (TPSA) is 99.3 Å². The first kappa shape index (κ1) is 22.1. The number of hydrogen-bond donors (Lipinski definition) is 4. The van der Waals surface area contributed by atoms with Crippen molar-refractivity contribution in [3.05, 3.63) is 59.7 Å². The molecule has 1 saturated carbocycles. The summed E-state index contributed by atoms with van der Waals surface area (Å²) in [6, 6.07) is 11.6. The van der Waals surface area contributed by atoms with Crippen LogP contribution in [0, 0.1) is 5.82 Å². The third-order valence-electron chi connectivity index (χ3n) is 6.10. The molecule has 0 bridgehead atoms. The number of aromatic nitrogens is 2. The van der Waals surface area contributed by atoms with Crippen LogP contribution in [-0.2, 0) is 6.42 Å². The zero-order valence-electron chi connectivity index (χ0n) is 18.3. The molecule has 0 spiro atoms. The third kappa shape index (κ3) is 5.19. The molecule has 1 atom stereocenters. The average Bonchev–Trinajstić information content (AvgIpc) is 3.19. The van der Waals surface area contributed by atoms with Crippen LogP contribution in [0.3, 0.4) is 0 Å². The largest absolute Gasteiger partial charge is 0.494 e. The van der Waals surface area contributed by atoms with Gasteiger partial charge in [-0.05, 0) is 62.4 Å². The van der Waals surface area contributed by atoms with Gasteiger partial charge in [-0.2, -0.15) is 0 Å². The fourth-order valence-electron chi connectivity index (χ4n) is 4.20. The summed E-state index contributed by atoms with van der Waals surface area (Å²) in [5, 5.41) is 16.1. The van der Waals surface area contributed by atoms with Gasteiger partial charge in [0, 0.05) is 12.5 Å². The zero-order chi connectivity index (χ0) is 22.7.